The summed E-state index contributed by atoms with van der Waals surface area (Å²) in [6.07, 6.45) is -2.14. The molecule has 1 unspecified atom stereocenters. The zero-order valence-electron chi connectivity index (χ0n) is 21.1. The Morgan fingerprint density at radius 2 is 1.77 bits per heavy atom. The first-order chi connectivity index (χ1) is 18.6. The van der Waals surface area contributed by atoms with E-state index in [4.69, 9.17) is 11.6 Å². The van der Waals surface area contributed by atoms with Crippen molar-refractivity contribution < 1.29 is 34.4 Å². The van der Waals surface area contributed by atoms with Crippen LogP contribution >= 0.6 is 11.6 Å². The predicted octanol–water partition coefficient (Wildman–Crippen LogP) is 6.72. The normalized spacial score (nSPS) is 16.2. The number of rotatable bonds is 4. The molecule has 0 aliphatic carbocycles. The summed E-state index contributed by atoms with van der Waals surface area (Å²) in [5, 5.41) is 0.184. The lowest BCUT2D eigenvalue weighted by Crippen LogP contribution is -2.39. The fourth-order valence-corrected chi connectivity index (χ4v) is 6.58. The largest absolute Gasteiger partial charge is 0.476 e. The molecule has 1 aliphatic heterocycles. The van der Waals surface area contributed by atoms with Crippen molar-refractivity contribution in [2.75, 3.05) is 17.1 Å². The third-order valence-corrected chi connectivity index (χ3v) is 8.65. The summed E-state index contributed by atoms with van der Waals surface area (Å²) < 4.78 is 109. The number of allylic oxidation sites excluding steroid dienone is 1. The van der Waals surface area contributed by atoms with Crippen LogP contribution in [0.25, 0.3) is 15.9 Å². The summed E-state index contributed by atoms with van der Waals surface area (Å²) in [6.45, 7) is 1.31. The number of anilines is 1. The van der Waals surface area contributed by atoms with Crippen molar-refractivity contribution in [1.82, 2.24) is 0 Å². The van der Waals surface area contributed by atoms with Crippen molar-refractivity contribution in [3.05, 3.63) is 98.0 Å². The fourth-order valence-electron chi connectivity index (χ4n) is 4.35. The Kier molecular flexibility index (Phi) is 8.04. The lowest BCUT2D eigenvalue weighted by molar-refractivity contribution is -0.137. The SMILES string of the molecule is C/C(=C\c1ccc2c(c1)N(S(=O)(=O)c1cccc(C(F)(F)F)c1)CC(C#[N+]S(C)(=O)=O)C2)c1c(F)cccc1Cl. The van der Waals surface area contributed by atoms with Crippen LogP contribution in [0.4, 0.5) is 23.2 Å². The van der Waals surface area contributed by atoms with Gasteiger partial charge in [0.05, 0.1) is 32.0 Å². The summed E-state index contributed by atoms with van der Waals surface area (Å²) in [5.74, 6) is -1.35. The number of sulfonamides is 2. The molecule has 0 amide bonds. The van der Waals surface area contributed by atoms with Gasteiger partial charge < -0.3 is 0 Å². The molecule has 0 aromatic heterocycles. The van der Waals surface area contributed by atoms with Crippen LogP contribution in [0.1, 0.15) is 29.2 Å². The fraction of sp³-hybridized carbons (Fsp3) is 0.222. The molecule has 210 valence electrons. The van der Waals surface area contributed by atoms with Crippen LogP contribution in [-0.4, -0.2) is 29.6 Å². The molecule has 3 aromatic rings. The standard InChI is InChI=1S/C27H22ClF4N2O4S2/c1-17(26-23(28)7-4-8-24(26)29)11-18-9-10-20-12-19(15-33-39(2,35)36)16-34(25(20)13-18)40(37,38)22-6-3-5-21(14-22)27(30,31)32/h3-11,13-14,19H,12,16H2,1-2H3/q+1/b17-11+. The minimum absolute atomic E-state index is 0.169. The zero-order valence-corrected chi connectivity index (χ0v) is 23.5. The lowest BCUT2D eigenvalue weighted by Gasteiger charge is -2.32. The number of nitrogens with zero attached hydrogens (tertiary/aromatic N) is 2. The van der Waals surface area contributed by atoms with Crippen LogP contribution in [0.5, 0.6) is 0 Å². The maximum Gasteiger partial charge on any atom is 0.476 e. The van der Waals surface area contributed by atoms with Gasteiger partial charge in [0.2, 0.25) is 0 Å². The molecule has 6 nitrogen and oxygen atoms in total. The molecule has 40 heavy (non-hydrogen) atoms. The van der Waals surface area contributed by atoms with Crippen molar-refractivity contribution in [2.24, 2.45) is 5.92 Å². The second-order valence-corrected chi connectivity index (χ2v) is 13.1. The van der Waals surface area contributed by atoms with Crippen LogP contribution in [0.2, 0.25) is 5.02 Å². The average molecular weight is 614 g/mol. The topological polar surface area (TPSA) is 75.9 Å². The molecule has 4 rings (SSSR count). The Hall–Kier alpha value is -3.40. The van der Waals surface area contributed by atoms with Crippen LogP contribution < -0.4 is 4.31 Å². The molecule has 0 radical (unpaired) electrons. The molecule has 13 heteroatoms. The Labute approximate surface area is 234 Å². The van der Waals surface area contributed by atoms with Gasteiger partial charge >= 0.3 is 22.3 Å². The van der Waals surface area contributed by atoms with E-state index in [9.17, 15) is 34.4 Å². The smallest absolute Gasteiger partial charge is 0.265 e. The highest BCUT2D eigenvalue weighted by Gasteiger charge is 2.37. The highest BCUT2D eigenvalue weighted by Crippen LogP contribution is 2.38. The molecular weight excluding hydrogens is 592 g/mol. The maximum absolute atomic E-state index is 14.4. The van der Waals surface area contributed by atoms with Crippen molar-refractivity contribution >= 4 is 49.0 Å². The van der Waals surface area contributed by atoms with Crippen molar-refractivity contribution in [1.29, 1.82) is 0 Å². The third-order valence-electron chi connectivity index (χ3n) is 6.12. The number of hydrogen-bond donors (Lipinski definition) is 0. The van der Waals surface area contributed by atoms with Crippen LogP contribution in [0, 0.1) is 17.8 Å². The molecule has 1 atom stereocenters. The summed E-state index contributed by atoms with van der Waals surface area (Å²) in [5.41, 5.74) is 0.617. The van der Waals surface area contributed by atoms with E-state index in [0.717, 1.165) is 28.8 Å². The van der Waals surface area contributed by atoms with Gasteiger partial charge in [0.1, 0.15) is 18.0 Å². The second kappa shape index (κ2) is 10.9. The molecule has 1 heterocycles. The molecule has 1 aliphatic rings. The summed E-state index contributed by atoms with van der Waals surface area (Å²) >= 11 is 6.17. The van der Waals surface area contributed by atoms with Gasteiger partial charge in [0.15, 0.2) is 0 Å². The zero-order chi connectivity index (χ0) is 29.5. The molecule has 0 saturated carbocycles. The molecular formula is C27H22ClF4N2O4S2+. The third kappa shape index (κ3) is 6.49. The summed E-state index contributed by atoms with van der Waals surface area (Å²) in [4.78, 5) is -0.593. The van der Waals surface area contributed by atoms with Crippen molar-refractivity contribution in [3.8, 4) is 6.07 Å². The first kappa shape index (κ1) is 29.6. The Bertz CT molecular complexity index is 1770. The van der Waals surface area contributed by atoms with Crippen molar-refractivity contribution in [3.63, 3.8) is 0 Å². The molecule has 0 N–H and O–H groups in total. The van der Waals surface area contributed by atoms with Crippen LogP contribution in [0.3, 0.4) is 0 Å². The van der Waals surface area contributed by atoms with E-state index in [0.29, 0.717) is 22.8 Å². The van der Waals surface area contributed by atoms with Gasteiger partial charge in [-0.2, -0.15) is 13.2 Å². The quantitative estimate of drug-likeness (QED) is 0.242. The van der Waals surface area contributed by atoms with E-state index < -0.39 is 48.4 Å². The minimum atomic E-state index is -4.77. The predicted molar refractivity (Wildman–Crippen MR) is 147 cm³/mol. The van der Waals surface area contributed by atoms with Crippen LogP contribution in [0.15, 0.2) is 65.6 Å². The minimum Gasteiger partial charge on any atom is -0.265 e. The summed E-state index contributed by atoms with van der Waals surface area (Å²) in [7, 11) is -8.37. The van der Waals surface area contributed by atoms with E-state index in [1.807, 2.05) is 0 Å². The molecule has 0 saturated heterocycles. The van der Waals surface area contributed by atoms with Crippen molar-refractivity contribution in [2.45, 2.75) is 24.4 Å². The van der Waals surface area contributed by atoms with E-state index in [2.05, 4.69) is 10.3 Å². The number of halogens is 5. The Balaban J connectivity index is 1.85. The van der Waals surface area contributed by atoms with E-state index >= 15 is 0 Å². The number of alkyl halides is 3. The van der Waals surface area contributed by atoms with Crippen LogP contribution in [-0.2, 0) is 32.6 Å². The van der Waals surface area contributed by atoms with Gasteiger partial charge in [-0.05, 0) is 66.4 Å². The van der Waals surface area contributed by atoms with E-state index in [-0.39, 0.29) is 29.2 Å². The molecule has 0 bridgehead atoms. The van der Waals surface area contributed by atoms with E-state index in [1.54, 1.807) is 25.1 Å². The summed E-state index contributed by atoms with van der Waals surface area (Å²) in [6, 6.07) is 14.8. The number of benzene rings is 3. The highest BCUT2D eigenvalue weighted by atomic mass is 35.5. The average Bonchev–Trinajstić information content (AvgIpc) is 2.86. The number of hydrogen-bond acceptors (Lipinski definition) is 4. The monoisotopic (exact) mass is 613 g/mol. The lowest BCUT2D eigenvalue weighted by atomic mass is 9.93. The van der Waals surface area contributed by atoms with Gasteiger partial charge in [-0.15, -0.1) is 8.42 Å². The van der Waals surface area contributed by atoms with Gasteiger partial charge in [0.25, 0.3) is 10.0 Å². The van der Waals surface area contributed by atoms with Gasteiger partial charge in [-0.25, -0.2) is 12.8 Å². The highest BCUT2D eigenvalue weighted by molar-refractivity contribution is 7.93. The maximum atomic E-state index is 14.4. The Morgan fingerprint density at radius 3 is 2.42 bits per heavy atom. The van der Waals surface area contributed by atoms with E-state index in [1.165, 1.54) is 24.3 Å². The molecule has 0 fully saturated rings. The van der Waals surface area contributed by atoms with Gasteiger partial charge in [-0.3, -0.25) is 4.31 Å². The number of fused-ring (bicyclic) bond motifs is 1. The molecule has 0 spiro atoms. The first-order valence-electron chi connectivity index (χ1n) is 11.7. The molecule has 3 aromatic carbocycles. The van der Waals surface area contributed by atoms with Gasteiger partial charge in [0, 0.05) is 5.56 Å². The Morgan fingerprint density at radius 1 is 1.07 bits per heavy atom. The first-order valence-corrected chi connectivity index (χ1v) is 15.4. The second-order valence-electron chi connectivity index (χ2n) is 9.23. The van der Waals surface area contributed by atoms with Gasteiger partial charge in [-0.1, -0.05) is 41.9 Å².